The van der Waals surface area contributed by atoms with Crippen molar-refractivity contribution in [3.05, 3.63) is 22.4 Å². The molecule has 1 atom stereocenters. The maximum absolute atomic E-state index is 12.6. The second-order valence-electron chi connectivity index (χ2n) is 7.79. The fourth-order valence-corrected chi connectivity index (χ4v) is 4.64. The van der Waals surface area contributed by atoms with Gasteiger partial charge in [-0.15, -0.1) is 35.3 Å². The van der Waals surface area contributed by atoms with Gasteiger partial charge in [0, 0.05) is 59.4 Å². The van der Waals surface area contributed by atoms with E-state index in [0.29, 0.717) is 6.54 Å². The topological polar surface area (TPSA) is 80.3 Å². The van der Waals surface area contributed by atoms with Gasteiger partial charge < -0.3 is 20.4 Å². The zero-order valence-corrected chi connectivity index (χ0v) is 21.7. The third kappa shape index (κ3) is 7.31. The van der Waals surface area contributed by atoms with E-state index in [0.717, 1.165) is 75.9 Å². The molecule has 1 unspecified atom stereocenters. The fraction of sp³-hybridized carbons (Fsp3) is 0.667. The summed E-state index contributed by atoms with van der Waals surface area (Å²) < 4.78 is 0. The van der Waals surface area contributed by atoms with Gasteiger partial charge in [-0.1, -0.05) is 6.07 Å². The van der Waals surface area contributed by atoms with E-state index in [9.17, 15) is 9.59 Å². The molecule has 2 saturated heterocycles. The van der Waals surface area contributed by atoms with Gasteiger partial charge in [0.05, 0.1) is 10.9 Å². The molecule has 174 valence electrons. The summed E-state index contributed by atoms with van der Waals surface area (Å²) >= 11 is 1.45. The van der Waals surface area contributed by atoms with Crippen molar-refractivity contribution in [2.24, 2.45) is 4.99 Å². The molecule has 2 amide bonds. The van der Waals surface area contributed by atoms with Crippen molar-refractivity contribution in [1.29, 1.82) is 0 Å². The first-order valence-electron chi connectivity index (χ1n) is 10.9. The van der Waals surface area contributed by atoms with Crippen LogP contribution in [0.3, 0.4) is 0 Å². The molecule has 0 spiro atoms. The first-order chi connectivity index (χ1) is 14.6. The van der Waals surface area contributed by atoms with Crippen molar-refractivity contribution in [3.63, 3.8) is 0 Å². The monoisotopic (exact) mass is 562 g/mol. The normalized spacial score (nSPS) is 18.5. The smallest absolute Gasteiger partial charge is 0.261 e. The standard InChI is InChI=1S/C21H34N6O2S.HI/c1-17(20(29)26-10-3-4-11-26)25-12-14-27(15-13-25)21(22-2)24-9-6-8-23-19(28)18-7-5-16-30-18;/h5,7,16-17H,3-4,6,8-15H2,1-2H3,(H,22,24)(H,23,28);1H. The number of aliphatic imine (C=N–C) groups is 1. The fourth-order valence-electron chi connectivity index (χ4n) is 4.00. The number of nitrogens with zero attached hydrogens (tertiary/aromatic N) is 4. The third-order valence-corrected chi connectivity index (χ3v) is 6.68. The summed E-state index contributed by atoms with van der Waals surface area (Å²) in [5.41, 5.74) is 0. The van der Waals surface area contributed by atoms with E-state index in [4.69, 9.17) is 0 Å². The number of carbonyl (C=O) groups is 2. The molecule has 0 bridgehead atoms. The van der Waals surface area contributed by atoms with Crippen LogP contribution in [-0.4, -0.2) is 97.9 Å². The Balaban J connectivity index is 0.00000341. The van der Waals surface area contributed by atoms with Crippen molar-refractivity contribution in [2.75, 3.05) is 59.4 Å². The van der Waals surface area contributed by atoms with Crippen molar-refractivity contribution >= 4 is 53.1 Å². The van der Waals surface area contributed by atoms with E-state index >= 15 is 0 Å². The summed E-state index contributed by atoms with van der Waals surface area (Å²) in [5, 5.41) is 8.24. The maximum Gasteiger partial charge on any atom is 0.261 e. The Labute approximate surface area is 206 Å². The Morgan fingerprint density at radius 2 is 1.74 bits per heavy atom. The number of rotatable bonds is 7. The molecule has 1 aromatic heterocycles. The molecule has 2 fully saturated rings. The molecule has 10 heteroatoms. The zero-order valence-electron chi connectivity index (χ0n) is 18.5. The highest BCUT2D eigenvalue weighted by Gasteiger charge is 2.30. The van der Waals surface area contributed by atoms with Gasteiger partial charge in [0.15, 0.2) is 5.96 Å². The van der Waals surface area contributed by atoms with Crippen LogP contribution in [-0.2, 0) is 4.79 Å². The molecular weight excluding hydrogens is 527 g/mol. The molecule has 0 aliphatic carbocycles. The highest BCUT2D eigenvalue weighted by atomic mass is 127. The molecule has 3 rings (SSSR count). The highest BCUT2D eigenvalue weighted by molar-refractivity contribution is 14.0. The largest absolute Gasteiger partial charge is 0.356 e. The van der Waals surface area contributed by atoms with Gasteiger partial charge in [0.1, 0.15) is 0 Å². The second kappa shape index (κ2) is 13.2. The molecule has 0 radical (unpaired) electrons. The van der Waals surface area contributed by atoms with Gasteiger partial charge in [-0.25, -0.2) is 0 Å². The van der Waals surface area contributed by atoms with Gasteiger partial charge in [-0.3, -0.25) is 19.5 Å². The van der Waals surface area contributed by atoms with Gasteiger partial charge in [0.2, 0.25) is 5.91 Å². The van der Waals surface area contributed by atoms with Gasteiger partial charge in [0.25, 0.3) is 5.91 Å². The van der Waals surface area contributed by atoms with E-state index in [1.807, 2.05) is 29.3 Å². The van der Waals surface area contributed by atoms with Crippen molar-refractivity contribution in [1.82, 2.24) is 25.3 Å². The van der Waals surface area contributed by atoms with Crippen LogP contribution in [0.2, 0.25) is 0 Å². The molecule has 2 aliphatic heterocycles. The quantitative estimate of drug-likeness (QED) is 0.229. The van der Waals surface area contributed by atoms with Crippen molar-refractivity contribution in [3.8, 4) is 0 Å². The lowest BCUT2D eigenvalue weighted by molar-refractivity contribution is -0.135. The predicted molar refractivity (Wildman–Crippen MR) is 136 cm³/mol. The zero-order chi connectivity index (χ0) is 21.3. The van der Waals surface area contributed by atoms with Crippen LogP contribution in [0.25, 0.3) is 0 Å². The summed E-state index contributed by atoms with van der Waals surface area (Å²) in [6.07, 6.45) is 3.09. The molecule has 2 aliphatic rings. The lowest BCUT2D eigenvalue weighted by Gasteiger charge is -2.39. The van der Waals surface area contributed by atoms with Crippen LogP contribution in [0, 0.1) is 0 Å². The molecule has 8 nitrogen and oxygen atoms in total. The number of amides is 2. The van der Waals surface area contributed by atoms with Crippen LogP contribution in [0.5, 0.6) is 0 Å². The Kier molecular flexibility index (Phi) is 11.0. The first kappa shape index (κ1) is 25.9. The van der Waals surface area contributed by atoms with E-state index in [2.05, 4.69) is 25.4 Å². The van der Waals surface area contributed by atoms with Gasteiger partial charge in [-0.2, -0.15) is 0 Å². The average molecular weight is 563 g/mol. The maximum atomic E-state index is 12.6. The minimum atomic E-state index is -0.0489. The molecule has 31 heavy (non-hydrogen) atoms. The number of halogens is 1. The minimum Gasteiger partial charge on any atom is -0.356 e. The lowest BCUT2D eigenvalue weighted by atomic mass is 10.2. The number of thiophene rings is 1. The number of piperazine rings is 1. The average Bonchev–Trinajstić information content (AvgIpc) is 3.50. The Bertz CT molecular complexity index is 715. The Morgan fingerprint density at radius 3 is 2.35 bits per heavy atom. The SMILES string of the molecule is CN=C(NCCCNC(=O)c1cccs1)N1CCN(C(C)C(=O)N2CCCC2)CC1.I. The van der Waals surface area contributed by atoms with Crippen LogP contribution >= 0.6 is 35.3 Å². The van der Waals surface area contributed by atoms with Crippen LogP contribution < -0.4 is 10.6 Å². The van der Waals surface area contributed by atoms with E-state index in [1.165, 1.54) is 11.3 Å². The van der Waals surface area contributed by atoms with E-state index in [-0.39, 0.29) is 41.8 Å². The number of hydrogen-bond donors (Lipinski definition) is 2. The second-order valence-corrected chi connectivity index (χ2v) is 8.74. The number of hydrogen-bond acceptors (Lipinski definition) is 5. The minimum absolute atomic E-state index is 0. The summed E-state index contributed by atoms with van der Waals surface area (Å²) in [5.74, 6) is 1.15. The first-order valence-corrected chi connectivity index (χ1v) is 11.8. The predicted octanol–water partition coefficient (Wildman–Crippen LogP) is 1.69. The van der Waals surface area contributed by atoms with E-state index in [1.54, 1.807) is 7.05 Å². The van der Waals surface area contributed by atoms with Gasteiger partial charge in [-0.05, 0) is 37.6 Å². The Hall–Kier alpha value is -1.40. The van der Waals surface area contributed by atoms with Crippen molar-refractivity contribution < 1.29 is 9.59 Å². The number of guanidine groups is 1. The summed E-state index contributed by atoms with van der Waals surface area (Å²) in [6, 6.07) is 3.67. The molecule has 1 aromatic rings. The molecule has 0 saturated carbocycles. The summed E-state index contributed by atoms with van der Waals surface area (Å²) in [4.78, 5) is 36.3. The Morgan fingerprint density at radius 1 is 1.06 bits per heavy atom. The van der Waals surface area contributed by atoms with E-state index < -0.39 is 0 Å². The highest BCUT2D eigenvalue weighted by Crippen LogP contribution is 2.14. The third-order valence-electron chi connectivity index (χ3n) is 5.82. The number of likely N-dealkylation sites (tertiary alicyclic amines) is 1. The molecule has 3 heterocycles. The molecule has 2 N–H and O–H groups in total. The van der Waals surface area contributed by atoms with Crippen molar-refractivity contribution in [2.45, 2.75) is 32.2 Å². The van der Waals surface area contributed by atoms with Crippen LogP contribution in [0.4, 0.5) is 0 Å². The van der Waals surface area contributed by atoms with Crippen LogP contribution in [0.15, 0.2) is 22.5 Å². The lowest BCUT2D eigenvalue weighted by Crippen LogP contribution is -2.57. The summed E-state index contributed by atoms with van der Waals surface area (Å²) in [6.45, 7) is 8.66. The molecular formula is C21H35IN6O2S. The summed E-state index contributed by atoms with van der Waals surface area (Å²) in [7, 11) is 1.80. The van der Waals surface area contributed by atoms with Gasteiger partial charge >= 0.3 is 0 Å². The number of carbonyl (C=O) groups excluding carboxylic acids is 2. The molecule has 0 aromatic carbocycles. The number of nitrogens with one attached hydrogen (secondary N) is 2. The van der Waals surface area contributed by atoms with Crippen LogP contribution in [0.1, 0.15) is 35.9 Å².